The molecule has 0 aromatic rings. The van der Waals surface area contributed by atoms with E-state index in [4.69, 9.17) is 0 Å². The molecule has 20 heavy (non-hydrogen) atoms. The summed E-state index contributed by atoms with van der Waals surface area (Å²) in [7, 11) is 0.856. The van der Waals surface area contributed by atoms with E-state index in [1.165, 1.54) is 12.8 Å². The first kappa shape index (κ1) is 17.9. The van der Waals surface area contributed by atoms with Crippen molar-refractivity contribution >= 4 is 10.0 Å². The zero-order valence-electron chi connectivity index (χ0n) is 13.4. The van der Waals surface area contributed by atoms with Gasteiger partial charge in [-0.25, -0.2) is 13.1 Å². The molecule has 0 saturated heterocycles. The predicted octanol–water partition coefficient (Wildman–Crippen LogP) is 1.17. The average Bonchev–Trinajstić information content (AvgIpc) is 2.87. The van der Waals surface area contributed by atoms with Gasteiger partial charge in [0.2, 0.25) is 10.0 Å². The first-order valence-corrected chi connectivity index (χ1v) is 9.25. The van der Waals surface area contributed by atoms with Crippen molar-refractivity contribution in [2.45, 2.75) is 56.7 Å². The summed E-state index contributed by atoms with van der Waals surface area (Å²) in [6.07, 6.45) is 5.54. The fourth-order valence-corrected chi connectivity index (χ4v) is 3.88. The number of hydrogen-bond donors (Lipinski definition) is 2. The molecule has 0 bridgehead atoms. The molecular formula is C14H31N3O2S. The van der Waals surface area contributed by atoms with Gasteiger partial charge in [-0.3, -0.25) is 0 Å². The van der Waals surface area contributed by atoms with Gasteiger partial charge in [-0.05, 0) is 46.8 Å². The fraction of sp³-hybridized carbons (Fsp3) is 1.00. The number of sulfonamides is 1. The van der Waals surface area contributed by atoms with Crippen LogP contribution in [0.4, 0.5) is 0 Å². The van der Waals surface area contributed by atoms with E-state index in [1.54, 1.807) is 6.92 Å². The molecule has 1 saturated carbocycles. The Balaban J connectivity index is 2.53. The van der Waals surface area contributed by atoms with Crippen molar-refractivity contribution < 1.29 is 8.42 Å². The molecule has 0 aliphatic heterocycles. The van der Waals surface area contributed by atoms with Crippen LogP contribution in [0.15, 0.2) is 0 Å². The molecule has 1 fully saturated rings. The van der Waals surface area contributed by atoms with Crippen molar-refractivity contribution in [3.63, 3.8) is 0 Å². The molecule has 6 heteroatoms. The Bertz CT molecular complexity index is 376. The van der Waals surface area contributed by atoms with Crippen LogP contribution in [-0.4, -0.2) is 57.8 Å². The van der Waals surface area contributed by atoms with Crippen LogP contribution in [0.25, 0.3) is 0 Å². The Hall–Kier alpha value is -0.170. The third kappa shape index (κ3) is 4.69. The number of hydrogen-bond acceptors (Lipinski definition) is 4. The van der Waals surface area contributed by atoms with Crippen molar-refractivity contribution in [3.05, 3.63) is 0 Å². The molecule has 1 aliphatic carbocycles. The van der Waals surface area contributed by atoms with Gasteiger partial charge in [0.15, 0.2) is 0 Å². The Labute approximate surface area is 124 Å². The van der Waals surface area contributed by atoms with Crippen molar-refractivity contribution in [1.82, 2.24) is 14.9 Å². The van der Waals surface area contributed by atoms with Gasteiger partial charge in [0.25, 0.3) is 0 Å². The Morgan fingerprint density at radius 2 is 1.85 bits per heavy atom. The highest BCUT2D eigenvalue weighted by molar-refractivity contribution is 7.90. The van der Waals surface area contributed by atoms with E-state index in [0.717, 1.165) is 25.8 Å². The van der Waals surface area contributed by atoms with E-state index in [1.807, 2.05) is 14.1 Å². The number of likely N-dealkylation sites (N-methyl/N-ethyl adjacent to an activating group) is 1. The summed E-state index contributed by atoms with van der Waals surface area (Å²) >= 11 is 0. The van der Waals surface area contributed by atoms with Crippen molar-refractivity contribution in [2.24, 2.45) is 0 Å². The minimum Gasteiger partial charge on any atom is -0.315 e. The van der Waals surface area contributed by atoms with E-state index in [9.17, 15) is 8.42 Å². The lowest BCUT2D eigenvalue weighted by Crippen LogP contribution is -2.52. The van der Waals surface area contributed by atoms with Gasteiger partial charge in [-0.1, -0.05) is 19.8 Å². The fourth-order valence-electron chi connectivity index (χ4n) is 2.78. The minimum atomic E-state index is -3.24. The van der Waals surface area contributed by atoms with Gasteiger partial charge >= 0.3 is 0 Å². The quantitative estimate of drug-likeness (QED) is 0.628. The normalized spacial score (nSPS) is 20.4. The van der Waals surface area contributed by atoms with E-state index in [-0.39, 0.29) is 5.54 Å². The van der Waals surface area contributed by atoms with Gasteiger partial charge in [-0.2, -0.15) is 0 Å². The second-order valence-electron chi connectivity index (χ2n) is 6.21. The van der Waals surface area contributed by atoms with E-state index >= 15 is 0 Å². The topological polar surface area (TPSA) is 61.4 Å². The Morgan fingerprint density at radius 1 is 1.25 bits per heavy atom. The average molecular weight is 305 g/mol. The van der Waals surface area contributed by atoms with Crippen LogP contribution in [0.3, 0.4) is 0 Å². The molecule has 0 amide bonds. The molecular weight excluding hydrogens is 274 g/mol. The maximum absolute atomic E-state index is 12.3. The minimum absolute atomic E-state index is 0.00361. The van der Waals surface area contributed by atoms with E-state index in [0.29, 0.717) is 13.1 Å². The molecule has 0 aromatic heterocycles. The van der Waals surface area contributed by atoms with Crippen LogP contribution in [-0.2, 0) is 10.0 Å². The first-order chi connectivity index (χ1) is 9.34. The van der Waals surface area contributed by atoms with E-state index in [2.05, 4.69) is 21.9 Å². The lowest BCUT2D eigenvalue weighted by atomic mass is 9.97. The number of nitrogens with one attached hydrogen (secondary N) is 2. The van der Waals surface area contributed by atoms with Crippen LogP contribution in [0.5, 0.6) is 0 Å². The number of nitrogens with zero attached hydrogens (tertiary/aromatic N) is 1. The summed E-state index contributed by atoms with van der Waals surface area (Å²) in [5.74, 6) is 0. The molecule has 120 valence electrons. The zero-order chi connectivity index (χ0) is 15.2. The molecule has 1 atom stereocenters. The summed E-state index contributed by atoms with van der Waals surface area (Å²) in [5.41, 5.74) is 0.00361. The van der Waals surface area contributed by atoms with Crippen LogP contribution in [0, 0.1) is 0 Å². The molecule has 2 N–H and O–H groups in total. The summed E-state index contributed by atoms with van der Waals surface area (Å²) < 4.78 is 27.4. The van der Waals surface area contributed by atoms with Crippen molar-refractivity contribution in [1.29, 1.82) is 0 Å². The lowest BCUT2D eigenvalue weighted by Gasteiger charge is -2.36. The van der Waals surface area contributed by atoms with Crippen molar-refractivity contribution in [3.8, 4) is 0 Å². The van der Waals surface area contributed by atoms with Gasteiger partial charge in [0.05, 0.1) is 5.25 Å². The highest BCUT2D eigenvalue weighted by atomic mass is 32.2. The second kappa shape index (κ2) is 7.73. The highest BCUT2D eigenvalue weighted by Crippen LogP contribution is 2.33. The summed E-state index contributed by atoms with van der Waals surface area (Å²) in [6, 6.07) is 0. The smallest absolute Gasteiger partial charge is 0.215 e. The lowest BCUT2D eigenvalue weighted by molar-refractivity contribution is 0.161. The maximum atomic E-state index is 12.3. The molecule has 5 nitrogen and oxygen atoms in total. The standard InChI is InChI=1S/C14H31N3O2S/c1-5-10-15-11-13(2)20(18,19)16-12-14(17(3)4)8-6-7-9-14/h13,15-16H,5-12H2,1-4H3. The SMILES string of the molecule is CCCNCC(C)S(=O)(=O)NCC1(N(C)C)CCCC1. The van der Waals surface area contributed by atoms with Crippen molar-refractivity contribution in [2.75, 3.05) is 33.7 Å². The molecule has 0 radical (unpaired) electrons. The largest absolute Gasteiger partial charge is 0.315 e. The Morgan fingerprint density at radius 3 is 2.35 bits per heavy atom. The van der Waals surface area contributed by atoms with Crippen LogP contribution < -0.4 is 10.0 Å². The van der Waals surface area contributed by atoms with Crippen LogP contribution >= 0.6 is 0 Å². The monoisotopic (exact) mass is 305 g/mol. The molecule has 1 unspecified atom stereocenters. The second-order valence-corrected chi connectivity index (χ2v) is 8.39. The van der Waals surface area contributed by atoms with Gasteiger partial charge < -0.3 is 10.2 Å². The molecule has 0 aromatic carbocycles. The molecule has 1 aliphatic rings. The van der Waals surface area contributed by atoms with Gasteiger partial charge in [0, 0.05) is 18.6 Å². The number of rotatable bonds is 9. The highest BCUT2D eigenvalue weighted by Gasteiger charge is 2.37. The Kier molecular flexibility index (Phi) is 6.91. The van der Waals surface area contributed by atoms with Crippen LogP contribution in [0.1, 0.15) is 46.0 Å². The van der Waals surface area contributed by atoms with E-state index < -0.39 is 15.3 Å². The maximum Gasteiger partial charge on any atom is 0.215 e. The third-order valence-corrected chi connectivity index (χ3v) is 6.25. The van der Waals surface area contributed by atoms with Crippen LogP contribution in [0.2, 0.25) is 0 Å². The summed E-state index contributed by atoms with van der Waals surface area (Å²) in [5, 5.41) is 2.78. The molecule has 0 heterocycles. The zero-order valence-corrected chi connectivity index (χ0v) is 14.2. The summed E-state index contributed by atoms with van der Waals surface area (Å²) in [4.78, 5) is 2.18. The summed E-state index contributed by atoms with van der Waals surface area (Å²) in [6.45, 7) is 5.74. The third-order valence-electron chi connectivity index (χ3n) is 4.47. The van der Waals surface area contributed by atoms with Gasteiger partial charge in [0.1, 0.15) is 0 Å². The first-order valence-electron chi connectivity index (χ1n) is 7.71. The molecule has 1 rings (SSSR count). The predicted molar refractivity (Wildman–Crippen MR) is 84.4 cm³/mol. The van der Waals surface area contributed by atoms with Gasteiger partial charge in [-0.15, -0.1) is 0 Å². The molecule has 0 spiro atoms.